The van der Waals surface area contributed by atoms with Crippen LogP contribution in [0.15, 0.2) is 36.8 Å². The highest BCUT2D eigenvalue weighted by Crippen LogP contribution is 2.39. The van der Waals surface area contributed by atoms with Crippen LogP contribution in [0.5, 0.6) is 5.88 Å². The molecule has 0 spiro atoms. The van der Waals surface area contributed by atoms with Crippen molar-refractivity contribution in [2.24, 2.45) is 0 Å². The molecule has 3 aromatic heterocycles. The maximum Gasteiger partial charge on any atom is 0.374 e. The molecule has 3 aromatic rings. The Morgan fingerprint density at radius 2 is 2.04 bits per heavy atom. The van der Waals surface area contributed by atoms with Crippen LogP contribution in [-0.2, 0) is 11.4 Å². The molecular formula is C17H16N4O5. The summed E-state index contributed by atoms with van der Waals surface area (Å²) >= 11 is 0. The van der Waals surface area contributed by atoms with Crippen LogP contribution < -0.4 is 4.74 Å². The smallest absolute Gasteiger partial charge is 0.374 e. The summed E-state index contributed by atoms with van der Waals surface area (Å²) in [6.07, 6.45) is 7.90. The van der Waals surface area contributed by atoms with Crippen molar-refractivity contribution in [2.75, 3.05) is 0 Å². The number of carboxylic acids is 1. The summed E-state index contributed by atoms with van der Waals surface area (Å²) in [6, 6.07) is 5.64. The van der Waals surface area contributed by atoms with Gasteiger partial charge in [0.15, 0.2) is 0 Å². The second-order valence-electron chi connectivity index (χ2n) is 5.65. The number of aromatic nitrogens is 4. The molecular weight excluding hydrogens is 340 g/mol. The van der Waals surface area contributed by atoms with Crippen LogP contribution >= 0.6 is 0 Å². The molecule has 0 amide bonds. The molecule has 26 heavy (non-hydrogen) atoms. The first kappa shape index (κ1) is 17.3. The lowest BCUT2D eigenvalue weighted by Crippen LogP contribution is -2.05. The zero-order valence-electron chi connectivity index (χ0n) is 13.6. The minimum absolute atomic E-state index is 0.216. The van der Waals surface area contributed by atoms with Gasteiger partial charge in [-0.25, -0.2) is 14.8 Å². The quantitative estimate of drug-likeness (QED) is 0.664. The van der Waals surface area contributed by atoms with Gasteiger partial charge in [-0.2, -0.15) is 4.98 Å². The lowest BCUT2D eigenvalue weighted by molar-refractivity contribution is -0.122. The van der Waals surface area contributed by atoms with Gasteiger partial charge in [0.25, 0.3) is 6.47 Å². The maximum atomic E-state index is 10.8. The fourth-order valence-electron chi connectivity index (χ4n) is 2.46. The Labute approximate surface area is 147 Å². The Hall–Kier alpha value is -3.49. The molecule has 0 aliphatic heterocycles. The SMILES string of the molecule is O=C(O)c1nccc(OCc2cn3cc(C4CC4)ccc3n2)n1.O=CO. The van der Waals surface area contributed by atoms with Gasteiger partial charge in [-0.05, 0) is 30.4 Å². The van der Waals surface area contributed by atoms with Crippen LogP contribution in [0.1, 0.15) is 40.6 Å². The Kier molecular flexibility index (Phi) is 5.07. The lowest BCUT2D eigenvalue weighted by Gasteiger charge is -2.02. The summed E-state index contributed by atoms with van der Waals surface area (Å²) < 4.78 is 7.51. The topological polar surface area (TPSA) is 127 Å². The van der Waals surface area contributed by atoms with Gasteiger partial charge in [0.2, 0.25) is 11.7 Å². The van der Waals surface area contributed by atoms with E-state index in [0.717, 1.165) is 11.3 Å². The van der Waals surface area contributed by atoms with E-state index in [2.05, 4.69) is 27.2 Å². The van der Waals surface area contributed by atoms with E-state index in [1.807, 2.05) is 16.7 Å². The first-order valence-electron chi connectivity index (χ1n) is 7.85. The van der Waals surface area contributed by atoms with Crippen molar-refractivity contribution in [3.05, 3.63) is 53.9 Å². The highest BCUT2D eigenvalue weighted by atomic mass is 16.5. The number of pyridine rings is 1. The third kappa shape index (κ3) is 4.12. The van der Waals surface area contributed by atoms with Crippen molar-refractivity contribution in [1.29, 1.82) is 0 Å². The predicted octanol–water partition coefficient (Wildman–Crippen LogP) is 1.98. The van der Waals surface area contributed by atoms with E-state index in [-0.39, 0.29) is 24.8 Å². The minimum Gasteiger partial charge on any atom is -0.483 e. The number of carbonyl (C=O) groups is 2. The summed E-state index contributed by atoms with van der Waals surface area (Å²) in [5, 5.41) is 15.8. The third-order valence-electron chi connectivity index (χ3n) is 3.76. The average Bonchev–Trinajstić information content (AvgIpc) is 3.40. The molecule has 0 saturated heterocycles. The second kappa shape index (κ2) is 7.60. The van der Waals surface area contributed by atoms with Crippen LogP contribution in [0.2, 0.25) is 0 Å². The van der Waals surface area contributed by atoms with Crippen molar-refractivity contribution < 1.29 is 24.5 Å². The number of hydrogen-bond donors (Lipinski definition) is 2. The average molecular weight is 356 g/mol. The van der Waals surface area contributed by atoms with Gasteiger partial charge in [0.1, 0.15) is 12.3 Å². The monoisotopic (exact) mass is 356 g/mol. The number of nitrogens with zero attached hydrogens (tertiary/aromatic N) is 4. The molecule has 1 aliphatic carbocycles. The highest BCUT2D eigenvalue weighted by Gasteiger charge is 2.23. The van der Waals surface area contributed by atoms with E-state index in [1.54, 1.807) is 0 Å². The molecule has 0 aromatic carbocycles. The van der Waals surface area contributed by atoms with E-state index in [9.17, 15) is 4.79 Å². The zero-order chi connectivity index (χ0) is 18.5. The number of aromatic carboxylic acids is 1. The Balaban J connectivity index is 0.000000613. The van der Waals surface area contributed by atoms with E-state index >= 15 is 0 Å². The largest absolute Gasteiger partial charge is 0.483 e. The molecule has 9 heteroatoms. The van der Waals surface area contributed by atoms with Gasteiger partial charge in [0, 0.05) is 24.7 Å². The van der Waals surface area contributed by atoms with E-state index < -0.39 is 5.97 Å². The number of ether oxygens (including phenoxy) is 1. The molecule has 0 atom stereocenters. The van der Waals surface area contributed by atoms with Crippen LogP contribution in [-0.4, -0.2) is 42.0 Å². The lowest BCUT2D eigenvalue weighted by atomic mass is 10.2. The Morgan fingerprint density at radius 1 is 1.27 bits per heavy atom. The van der Waals surface area contributed by atoms with Crippen LogP contribution in [0.25, 0.3) is 5.65 Å². The maximum absolute atomic E-state index is 10.8. The molecule has 4 rings (SSSR count). The molecule has 1 aliphatic rings. The Morgan fingerprint density at radius 3 is 2.73 bits per heavy atom. The predicted molar refractivity (Wildman–Crippen MR) is 89.2 cm³/mol. The van der Waals surface area contributed by atoms with E-state index in [1.165, 1.54) is 30.7 Å². The van der Waals surface area contributed by atoms with Crippen molar-refractivity contribution in [2.45, 2.75) is 25.4 Å². The minimum atomic E-state index is -1.18. The molecule has 0 radical (unpaired) electrons. The summed E-state index contributed by atoms with van der Waals surface area (Å²) in [5.41, 5.74) is 2.96. The number of rotatable bonds is 5. The fourth-order valence-corrected chi connectivity index (χ4v) is 2.46. The summed E-state index contributed by atoms with van der Waals surface area (Å²) in [7, 11) is 0. The first-order valence-corrected chi connectivity index (χ1v) is 7.85. The summed E-state index contributed by atoms with van der Waals surface area (Å²) in [6.45, 7) is -0.0312. The molecule has 1 saturated carbocycles. The summed E-state index contributed by atoms with van der Waals surface area (Å²) in [5.74, 6) is -0.563. The molecule has 0 bridgehead atoms. The number of fused-ring (bicyclic) bond motifs is 1. The molecule has 134 valence electrons. The van der Waals surface area contributed by atoms with Gasteiger partial charge >= 0.3 is 5.97 Å². The van der Waals surface area contributed by atoms with Gasteiger partial charge < -0.3 is 19.4 Å². The number of hydrogen-bond acceptors (Lipinski definition) is 6. The van der Waals surface area contributed by atoms with E-state index in [4.69, 9.17) is 19.7 Å². The highest BCUT2D eigenvalue weighted by molar-refractivity contribution is 5.83. The fraction of sp³-hybridized carbons (Fsp3) is 0.235. The number of carboxylic acid groups (broad SMARTS) is 2. The second-order valence-corrected chi connectivity index (χ2v) is 5.65. The molecule has 2 N–H and O–H groups in total. The van der Waals surface area contributed by atoms with Crippen molar-refractivity contribution >= 4 is 18.1 Å². The van der Waals surface area contributed by atoms with Crippen LogP contribution in [0.3, 0.4) is 0 Å². The standard InChI is InChI=1S/C16H14N4O3.CH2O2/c21-16(22)15-17-6-5-14(19-15)23-9-12-8-20-7-11(10-1-2-10)3-4-13(20)18-12;2-1-3/h3-8,10H,1-2,9H2,(H,21,22);1H,(H,2,3). The van der Waals surface area contributed by atoms with Crippen molar-refractivity contribution in [3.8, 4) is 5.88 Å². The normalized spacial score (nSPS) is 12.9. The van der Waals surface area contributed by atoms with E-state index in [0.29, 0.717) is 5.92 Å². The first-order chi connectivity index (χ1) is 12.6. The van der Waals surface area contributed by atoms with Gasteiger partial charge in [-0.15, -0.1) is 0 Å². The molecule has 1 fully saturated rings. The van der Waals surface area contributed by atoms with Crippen LogP contribution in [0.4, 0.5) is 0 Å². The van der Waals surface area contributed by atoms with Crippen LogP contribution in [0, 0.1) is 0 Å². The molecule has 9 nitrogen and oxygen atoms in total. The van der Waals surface area contributed by atoms with Gasteiger partial charge in [-0.1, -0.05) is 6.07 Å². The van der Waals surface area contributed by atoms with Crippen molar-refractivity contribution in [1.82, 2.24) is 19.4 Å². The molecule has 3 heterocycles. The van der Waals surface area contributed by atoms with Gasteiger partial charge in [0.05, 0.1) is 5.69 Å². The zero-order valence-corrected chi connectivity index (χ0v) is 13.6. The Bertz CT molecular complexity index is 936. The van der Waals surface area contributed by atoms with Crippen molar-refractivity contribution in [3.63, 3.8) is 0 Å². The van der Waals surface area contributed by atoms with Gasteiger partial charge in [-0.3, -0.25) is 4.79 Å². The number of imidazole rings is 1. The third-order valence-corrected chi connectivity index (χ3v) is 3.76. The summed E-state index contributed by atoms with van der Waals surface area (Å²) in [4.78, 5) is 31.2. The molecule has 0 unspecified atom stereocenters.